The minimum absolute atomic E-state index is 0.0338. The molecule has 0 spiro atoms. The summed E-state index contributed by atoms with van der Waals surface area (Å²) in [6.45, 7) is 9.96. The molecule has 1 amide bonds. The molecule has 6 rings (SSSR count). The van der Waals surface area contributed by atoms with Crippen LogP contribution in [0.1, 0.15) is 143 Å². The SMILES string of the molecule is C(=C\C1CCCC1)/CCCc1ccccc1.C/C=C\CCCC(=O)NCC.C[C@H](OC(=O)OCC(=O)C1CCC2C3CCC4=CC(=O)CCC4(C)C3=CCC12C)C(=O)O. The average molecular weight is 814 g/mol. The van der Waals surface area contributed by atoms with E-state index in [1.165, 1.54) is 68.6 Å². The normalized spacial score (nSPS) is 26.5. The van der Waals surface area contributed by atoms with Crippen LogP contribution in [0.5, 0.6) is 0 Å². The van der Waals surface area contributed by atoms with Gasteiger partial charge in [-0.1, -0.05) is 98.5 Å². The van der Waals surface area contributed by atoms with Crippen LogP contribution >= 0.6 is 0 Å². The first-order valence-corrected chi connectivity index (χ1v) is 22.4. The molecule has 9 nitrogen and oxygen atoms in total. The number of hydrogen-bond acceptors (Lipinski definition) is 7. The smallest absolute Gasteiger partial charge is 0.479 e. The van der Waals surface area contributed by atoms with Gasteiger partial charge in [-0.25, -0.2) is 9.59 Å². The highest BCUT2D eigenvalue weighted by molar-refractivity contribution is 5.92. The minimum Gasteiger partial charge on any atom is -0.479 e. The summed E-state index contributed by atoms with van der Waals surface area (Å²) in [5.41, 5.74) is 3.98. The minimum atomic E-state index is -1.32. The van der Waals surface area contributed by atoms with Gasteiger partial charge in [0.15, 0.2) is 24.3 Å². The van der Waals surface area contributed by atoms with Crippen LogP contribution in [0.3, 0.4) is 0 Å². The van der Waals surface area contributed by atoms with Gasteiger partial charge in [0.2, 0.25) is 5.91 Å². The summed E-state index contributed by atoms with van der Waals surface area (Å²) in [6.07, 6.45) is 28.7. The monoisotopic (exact) mass is 814 g/mol. The number of amides is 1. The van der Waals surface area contributed by atoms with Crippen molar-refractivity contribution in [2.24, 2.45) is 34.5 Å². The number of aryl methyl sites for hydroxylation is 1. The Kier molecular flexibility index (Phi) is 18.9. The average Bonchev–Trinajstić information content (AvgIpc) is 3.87. The number of rotatable bonds is 15. The third kappa shape index (κ3) is 13.6. The second-order valence-electron chi connectivity index (χ2n) is 17.6. The summed E-state index contributed by atoms with van der Waals surface area (Å²) >= 11 is 0. The molecule has 324 valence electrons. The van der Waals surface area contributed by atoms with Crippen molar-refractivity contribution in [2.75, 3.05) is 13.2 Å². The van der Waals surface area contributed by atoms with Gasteiger partial charge in [0.05, 0.1) is 0 Å². The molecule has 1 aromatic rings. The fourth-order valence-corrected chi connectivity index (χ4v) is 10.2. The summed E-state index contributed by atoms with van der Waals surface area (Å²) in [5.74, 6) is 0.514. The Morgan fingerprint density at radius 3 is 2.39 bits per heavy atom. The van der Waals surface area contributed by atoms with Crippen LogP contribution in [0.4, 0.5) is 4.79 Å². The fourth-order valence-electron chi connectivity index (χ4n) is 10.2. The molecule has 6 atom stereocenters. The van der Waals surface area contributed by atoms with Crippen LogP contribution < -0.4 is 5.32 Å². The molecule has 3 fully saturated rings. The molecule has 0 saturated heterocycles. The lowest BCUT2D eigenvalue weighted by atomic mass is 9.51. The number of ether oxygens (including phenoxy) is 2. The van der Waals surface area contributed by atoms with E-state index in [1.807, 2.05) is 26.0 Å². The number of carbonyl (C=O) groups is 5. The number of carbonyl (C=O) groups excluding carboxylic acids is 4. The summed E-state index contributed by atoms with van der Waals surface area (Å²) < 4.78 is 9.58. The van der Waals surface area contributed by atoms with E-state index in [0.29, 0.717) is 24.7 Å². The van der Waals surface area contributed by atoms with E-state index in [4.69, 9.17) is 9.84 Å². The lowest BCUT2D eigenvalue weighted by Gasteiger charge is -2.53. The van der Waals surface area contributed by atoms with Gasteiger partial charge in [0.1, 0.15) is 0 Å². The van der Waals surface area contributed by atoms with Crippen molar-refractivity contribution >= 4 is 29.6 Å². The first-order valence-electron chi connectivity index (χ1n) is 22.4. The summed E-state index contributed by atoms with van der Waals surface area (Å²) in [7, 11) is 0. The number of Topliss-reactive ketones (excluding diaryl/α,β-unsaturated/α-hetero) is 1. The Labute approximate surface area is 353 Å². The fraction of sp³-hybridized carbons (Fsp3) is 0.620. The molecule has 0 heterocycles. The zero-order valence-electron chi connectivity index (χ0n) is 36.5. The number of ketones is 2. The first-order chi connectivity index (χ1) is 28.3. The van der Waals surface area contributed by atoms with E-state index < -0.39 is 24.8 Å². The van der Waals surface area contributed by atoms with Crippen molar-refractivity contribution in [3.8, 4) is 0 Å². The number of carboxylic acid groups (broad SMARTS) is 1. The quantitative estimate of drug-likeness (QED) is 0.101. The molecule has 1 aromatic carbocycles. The first kappa shape index (κ1) is 47.4. The van der Waals surface area contributed by atoms with Gasteiger partial charge in [-0.15, -0.1) is 0 Å². The van der Waals surface area contributed by atoms with Crippen LogP contribution in [0.15, 0.2) is 77.9 Å². The third-order valence-electron chi connectivity index (χ3n) is 13.5. The zero-order valence-corrected chi connectivity index (χ0v) is 36.5. The maximum atomic E-state index is 13.0. The van der Waals surface area contributed by atoms with E-state index in [9.17, 15) is 24.0 Å². The van der Waals surface area contributed by atoms with E-state index in [-0.39, 0.29) is 34.2 Å². The molecule has 0 aromatic heterocycles. The predicted molar refractivity (Wildman–Crippen MR) is 233 cm³/mol. The van der Waals surface area contributed by atoms with E-state index in [0.717, 1.165) is 63.8 Å². The number of allylic oxidation sites excluding steroid dienone is 8. The van der Waals surface area contributed by atoms with Gasteiger partial charge in [-0.2, -0.15) is 0 Å². The van der Waals surface area contributed by atoms with Crippen LogP contribution in [0, 0.1) is 34.5 Å². The van der Waals surface area contributed by atoms with Gasteiger partial charge < -0.3 is 19.9 Å². The maximum absolute atomic E-state index is 13.0. The molecule has 0 bridgehead atoms. The van der Waals surface area contributed by atoms with Crippen molar-refractivity contribution in [1.29, 1.82) is 0 Å². The summed E-state index contributed by atoms with van der Waals surface area (Å²) in [6, 6.07) is 10.8. The van der Waals surface area contributed by atoms with Gasteiger partial charge >= 0.3 is 12.1 Å². The topological polar surface area (TPSA) is 136 Å². The molecule has 5 aliphatic carbocycles. The number of carboxylic acids is 1. The summed E-state index contributed by atoms with van der Waals surface area (Å²) in [4.78, 5) is 58.4. The number of nitrogens with one attached hydrogen (secondary N) is 1. The number of aliphatic carboxylic acids is 1. The Balaban J connectivity index is 0.000000236. The molecular weight excluding hydrogens is 743 g/mol. The number of hydrogen-bond donors (Lipinski definition) is 2. The Bertz CT molecular complexity index is 1690. The maximum Gasteiger partial charge on any atom is 0.509 e. The predicted octanol–water partition coefficient (Wildman–Crippen LogP) is 10.9. The number of unbranched alkanes of at least 4 members (excludes halogenated alkanes) is 2. The van der Waals surface area contributed by atoms with Crippen molar-refractivity contribution in [2.45, 2.75) is 150 Å². The van der Waals surface area contributed by atoms with Crippen molar-refractivity contribution in [3.05, 3.63) is 83.5 Å². The molecule has 5 unspecified atom stereocenters. The van der Waals surface area contributed by atoms with E-state index in [2.05, 4.69) is 78.5 Å². The third-order valence-corrected chi connectivity index (χ3v) is 13.5. The molecule has 9 heteroatoms. The highest BCUT2D eigenvalue weighted by Gasteiger charge is 2.57. The molecule has 0 radical (unpaired) electrons. The van der Waals surface area contributed by atoms with Crippen molar-refractivity contribution < 1.29 is 38.6 Å². The molecule has 3 saturated carbocycles. The Hall–Kier alpha value is -4.27. The Morgan fingerprint density at radius 1 is 0.966 bits per heavy atom. The van der Waals surface area contributed by atoms with Crippen molar-refractivity contribution in [3.63, 3.8) is 0 Å². The van der Waals surface area contributed by atoms with Crippen molar-refractivity contribution in [1.82, 2.24) is 5.32 Å². The van der Waals surface area contributed by atoms with E-state index in [1.54, 1.807) is 0 Å². The molecule has 5 aliphatic rings. The van der Waals surface area contributed by atoms with Gasteiger partial charge in [0.25, 0.3) is 0 Å². The molecule has 59 heavy (non-hydrogen) atoms. The lowest BCUT2D eigenvalue weighted by molar-refractivity contribution is -0.147. The van der Waals surface area contributed by atoms with Gasteiger partial charge in [0, 0.05) is 30.7 Å². The summed E-state index contributed by atoms with van der Waals surface area (Å²) in [5, 5.41) is 11.6. The molecular formula is C50H71NO8. The largest absolute Gasteiger partial charge is 0.509 e. The van der Waals surface area contributed by atoms with E-state index >= 15 is 0 Å². The van der Waals surface area contributed by atoms with Crippen LogP contribution in [0.25, 0.3) is 0 Å². The number of benzene rings is 1. The Morgan fingerprint density at radius 2 is 1.69 bits per heavy atom. The zero-order chi connectivity index (χ0) is 42.8. The number of fused-ring (bicyclic) bond motifs is 5. The van der Waals surface area contributed by atoms with Gasteiger partial charge in [-0.3, -0.25) is 14.4 Å². The second-order valence-corrected chi connectivity index (χ2v) is 17.6. The molecule has 2 N–H and O–H groups in total. The van der Waals surface area contributed by atoms with Gasteiger partial charge in [-0.05, 0) is 139 Å². The highest BCUT2D eigenvalue weighted by Crippen LogP contribution is 2.64. The highest BCUT2D eigenvalue weighted by atomic mass is 16.7. The second kappa shape index (κ2) is 23.5. The van der Waals surface area contributed by atoms with Crippen LogP contribution in [-0.2, 0) is 35.1 Å². The standard InChI is InChI=1S/C25H32O7.C16H22.C9H17NO/c1-14(22(28)29)32-23(30)31-13-21(27)20-7-6-18-17-5-4-15-12-16(26)8-10-24(15,2)19(17)9-11-25(18,20)3;1-3-9-15(10-4-1)11-5-2-6-12-16-13-7-8-14-16;1-3-5-6-7-8-9(11)10-4-2/h9,12,14,17-18,20H,4-8,10-11,13H2,1-3H3,(H,28,29);1,3-4,6,9-10,12,16H,2,5,7-8,11,13-14H2;3,5H,4,6-8H2,1-2H3,(H,10,11)/b;12-6+;5-3-/t14-,17?,18?,20?,24?,25?;;/m0../s1. The lowest BCUT2D eigenvalue weighted by Crippen LogP contribution is -2.46. The van der Waals surface area contributed by atoms with Crippen LogP contribution in [0.2, 0.25) is 0 Å². The molecule has 0 aliphatic heterocycles. The van der Waals surface area contributed by atoms with Crippen LogP contribution in [-0.4, -0.2) is 54.0 Å².